The van der Waals surface area contributed by atoms with Crippen LogP contribution in [-0.2, 0) is 4.74 Å². The van der Waals surface area contributed by atoms with Crippen LogP contribution in [0, 0.1) is 5.92 Å². The number of nitrogen functional groups attached to an aromatic ring is 1. The number of hydrogen-bond donors (Lipinski definition) is 1. The van der Waals surface area contributed by atoms with E-state index in [-0.39, 0.29) is 11.7 Å². The molecule has 1 fully saturated rings. The number of carbonyl (C=O) groups is 1. The van der Waals surface area contributed by atoms with Gasteiger partial charge in [-0.3, -0.25) is 4.79 Å². The summed E-state index contributed by atoms with van der Waals surface area (Å²) in [6.45, 7) is 1.22. The average Bonchev–Trinajstić information content (AvgIpc) is 2.70. The molecule has 3 nitrogen and oxygen atoms in total. The fraction of sp³-hybridized carbons (Fsp3) is 0.364. The number of anilines is 1. The standard InChI is InChI=1S/C11H13NO2/c12-10-4-2-1-3-9(10)11(13)8-5-6-14-7-8/h1-4,8H,5-7,12H2. The van der Waals surface area contributed by atoms with Crippen LogP contribution in [0.3, 0.4) is 0 Å². The molecule has 74 valence electrons. The minimum absolute atomic E-state index is 0.000278. The van der Waals surface area contributed by atoms with Gasteiger partial charge in [0.25, 0.3) is 0 Å². The molecule has 1 aliphatic rings. The molecule has 2 rings (SSSR count). The summed E-state index contributed by atoms with van der Waals surface area (Å²) in [7, 11) is 0. The molecule has 2 N–H and O–H groups in total. The molecule has 0 aliphatic carbocycles. The van der Waals surface area contributed by atoms with Crippen molar-refractivity contribution >= 4 is 11.5 Å². The fourth-order valence-electron chi connectivity index (χ4n) is 1.68. The Balaban J connectivity index is 2.22. The second-order valence-electron chi connectivity index (χ2n) is 3.51. The van der Waals surface area contributed by atoms with E-state index in [1.54, 1.807) is 12.1 Å². The lowest BCUT2D eigenvalue weighted by Crippen LogP contribution is -2.16. The summed E-state index contributed by atoms with van der Waals surface area (Å²) >= 11 is 0. The molecular formula is C11H13NO2. The Morgan fingerprint density at radius 2 is 2.21 bits per heavy atom. The quantitative estimate of drug-likeness (QED) is 0.569. The predicted octanol–water partition coefficient (Wildman–Crippen LogP) is 1.49. The summed E-state index contributed by atoms with van der Waals surface area (Å²) in [5.74, 6) is 0.111. The van der Waals surface area contributed by atoms with E-state index in [0.29, 0.717) is 24.5 Å². The normalized spacial score (nSPS) is 21.0. The number of ketones is 1. The average molecular weight is 191 g/mol. The minimum atomic E-state index is -0.000278. The SMILES string of the molecule is Nc1ccccc1C(=O)C1CCOC1. The van der Waals surface area contributed by atoms with Gasteiger partial charge in [0.15, 0.2) is 5.78 Å². The van der Waals surface area contributed by atoms with E-state index >= 15 is 0 Å². The minimum Gasteiger partial charge on any atom is -0.398 e. The zero-order chi connectivity index (χ0) is 9.97. The van der Waals surface area contributed by atoms with Gasteiger partial charge >= 0.3 is 0 Å². The van der Waals surface area contributed by atoms with E-state index in [9.17, 15) is 4.79 Å². The predicted molar refractivity (Wildman–Crippen MR) is 54.1 cm³/mol. The Bertz CT molecular complexity index is 343. The number of nitrogens with two attached hydrogens (primary N) is 1. The number of benzene rings is 1. The van der Waals surface area contributed by atoms with Crippen LogP contribution in [0.15, 0.2) is 24.3 Å². The Morgan fingerprint density at radius 3 is 2.86 bits per heavy atom. The van der Waals surface area contributed by atoms with E-state index in [1.807, 2.05) is 12.1 Å². The highest BCUT2D eigenvalue weighted by Gasteiger charge is 2.25. The monoisotopic (exact) mass is 191 g/mol. The Labute approximate surface area is 82.9 Å². The topological polar surface area (TPSA) is 52.3 Å². The van der Waals surface area contributed by atoms with Crippen molar-refractivity contribution < 1.29 is 9.53 Å². The summed E-state index contributed by atoms with van der Waals surface area (Å²) in [6.07, 6.45) is 0.813. The molecule has 3 heteroatoms. The lowest BCUT2D eigenvalue weighted by atomic mass is 9.96. The van der Waals surface area contributed by atoms with Gasteiger partial charge in [0.1, 0.15) is 0 Å². The molecule has 0 saturated carbocycles. The first kappa shape index (κ1) is 9.21. The van der Waals surface area contributed by atoms with Gasteiger partial charge in [-0.1, -0.05) is 12.1 Å². The van der Waals surface area contributed by atoms with Crippen LogP contribution in [0.4, 0.5) is 5.69 Å². The van der Waals surface area contributed by atoms with Gasteiger partial charge in [0.05, 0.1) is 6.61 Å². The van der Waals surface area contributed by atoms with Gasteiger partial charge in [-0.25, -0.2) is 0 Å². The largest absolute Gasteiger partial charge is 0.398 e. The van der Waals surface area contributed by atoms with Crippen molar-refractivity contribution in [3.8, 4) is 0 Å². The van der Waals surface area contributed by atoms with Crippen LogP contribution < -0.4 is 5.73 Å². The molecule has 1 saturated heterocycles. The maximum atomic E-state index is 11.9. The van der Waals surface area contributed by atoms with Crippen molar-refractivity contribution in [3.05, 3.63) is 29.8 Å². The second-order valence-corrected chi connectivity index (χ2v) is 3.51. The van der Waals surface area contributed by atoms with Crippen molar-refractivity contribution in [3.63, 3.8) is 0 Å². The highest BCUT2D eigenvalue weighted by molar-refractivity contribution is 6.02. The van der Waals surface area contributed by atoms with E-state index in [1.165, 1.54) is 0 Å². The van der Waals surface area contributed by atoms with Crippen LogP contribution >= 0.6 is 0 Å². The van der Waals surface area contributed by atoms with Crippen molar-refractivity contribution in [1.82, 2.24) is 0 Å². The highest BCUT2D eigenvalue weighted by Crippen LogP contribution is 2.21. The zero-order valence-corrected chi connectivity index (χ0v) is 7.90. The molecule has 1 aromatic rings. The van der Waals surface area contributed by atoms with Gasteiger partial charge in [0, 0.05) is 23.8 Å². The summed E-state index contributed by atoms with van der Waals surface area (Å²) in [4.78, 5) is 11.9. The van der Waals surface area contributed by atoms with E-state index < -0.39 is 0 Å². The molecule has 0 aromatic heterocycles. The third-order valence-corrected chi connectivity index (χ3v) is 2.53. The van der Waals surface area contributed by atoms with Gasteiger partial charge < -0.3 is 10.5 Å². The van der Waals surface area contributed by atoms with Crippen LogP contribution in [0.1, 0.15) is 16.8 Å². The molecule has 14 heavy (non-hydrogen) atoms. The zero-order valence-electron chi connectivity index (χ0n) is 7.90. The summed E-state index contributed by atoms with van der Waals surface area (Å²) in [5.41, 5.74) is 6.91. The molecule has 0 spiro atoms. The Morgan fingerprint density at radius 1 is 1.43 bits per heavy atom. The number of carbonyl (C=O) groups excluding carboxylic acids is 1. The lowest BCUT2D eigenvalue weighted by molar-refractivity contribution is 0.0901. The molecule has 1 unspecified atom stereocenters. The first-order valence-corrected chi connectivity index (χ1v) is 4.75. The van der Waals surface area contributed by atoms with E-state index in [4.69, 9.17) is 10.5 Å². The number of ether oxygens (including phenoxy) is 1. The third-order valence-electron chi connectivity index (χ3n) is 2.53. The number of Topliss-reactive ketones (excluding diaryl/α,β-unsaturated/α-hetero) is 1. The summed E-state index contributed by atoms with van der Waals surface area (Å²) < 4.78 is 5.18. The molecule has 0 bridgehead atoms. The first-order chi connectivity index (χ1) is 6.79. The van der Waals surface area contributed by atoms with E-state index in [0.717, 1.165) is 6.42 Å². The lowest BCUT2D eigenvalue weighted by Gasteiger charge is -2.08. The van der Waals surface area contributed by atoms with Crippen LogP contribution in [0.5, 0.6) is 0 Å². The summed E-state index contributed by atoms with van der Waals surface area (Å²) in [6, 6.07) is 7.19. The van der Waals surface area contributed by atoms with Crippen molar-refractivity contribution in [2.24, 2.45) is 5.92 Å². The Kier molecular flexibility index (Phi) is 2.50. The molecule has 1 atom stereocenters. The maximum Gasteiger partial charge on any atom is 0.170 e. The van der Waals surface area contributed by atoms with Gasteiger partial charge in [-0.2, -0.15) is 0 Å². The van der Waals surface area contributed by atoms with Crippen molar-refractivity contribution in [1.29, 1.82) is 0 Å². The molecule has 1 heterocycles. The third kappa shape index (κ3) is 1.63. The van der Waals surface area contributed by atoms with Gasteiger partial charge in [0.2, 0.25) is 0 Å². The van der Waals surface area contributed by atoms with E-state index in [2.05, 4.69) is 0 Å². The Hall–Kier alpha value is -1.35. The number of hydrogen-bond acceptors (Lipinski definition) is 3. The fourth-order valence-corrected chi connectivity index (χ4v) is 1.68. The second kappa shape index (κ2) is 3.80. The van der Waals surface area contributed by atoms with Gasteiger partial charge in [-0.15, -0.1) is 0 Å². The van der Waals surface area contributed by atoms with Crippen LogP contribution in [-0.4, -0.2) is 19.0 Å². The van der Waals surface area contributed by atoms with Crippen LogP contribution in [0.25, 0.3) is 0 Å². The molecule has 1 aromatic carbocycles. The number of para-hydroxylation sites is 1. The number of rotatable bonds is 2. The smallest absolute Gasteiger partial charge is 0.170 e. The highest BCUT2D eigenvalue weighted by atomic mass is 16.5. The van der Waals surface area contributed by atoms with Crippen LogP contribution in [0.2, 0.25) is 0 Å². The van der Waals surface area contributed by atoms with Gasteiger partial charge in [-0.05, 0) is 18.6 Å². The maximum absolute atomic E-state index is 11.9. The van der Waals surface area contributed by atoms with Crippen molar-refractivity contribution in [2.75, 3.05) is 18.9 Å². The molecule has 1 aliphatic heterocycles. The molecule has 0 amide bonds. The first-order valence-electron chi connectivity index (χ1n) is 4.75. The summed E-state index contributed by atoms with van der Waals surface area (Å²) in [5, 5.41) is 0. The molecule has 0 radical (unpaired) electrons. The van der Waals surface area contributed by atoms with Crippen molar-refractivity contribution in [2.45, 2.75) is 6.42 Å². The molecular weight excluding hydrogens is 178 g/mol.